The second-order valence-corrected chi connectivity index (χ2v) is 5.74. The molecule has 3 nitrogen and oxygen atoms in total. The molecular weight excluding hydrogens is 226 g/mol. The molecule has 1 aliphatic rings. The van der Waals surface area contributed by atoms with Crippen LogP contribution in [0.3, 0.4) is 0 Å². The van der Waals surface area contributed by atoms with E-state index in [-0.39, 0.29) is 5.97 Å². The number of unbranched alkanes of at least 4 members (excludes halogenated alkanes) is 2. The molecule has 18 heavy (non-hydrogen) atoms. The van der Waals surface area contributed by atoms with Crippen molar-refractivity contribution in [2.75, 3.05) is 19.7 Å². The minimum Gasteiger partial charge on any atom is -0.466 e. The second-order valence-electron chi connectivity index (χ2n) is 5.74. The largest absolute Gasteiger partial charge is 0.466 e. The topological polar surface area (TPSA) is 29.5 Å². The minimum atomic E-state index is -0.0428. The molecule has 1 aliphatic carbocycles. The Bertz CT molecular complexity index is 237. The van der Waals surface area contributed by atoms with E-state index >= 15 is 0 Å². The monoisotopic (exact) mass is 255 g/mol. The summed E-state index contributed by atoms with van der Waals surface area (Å²) in [6.45, 7) is 9.36. The van der Waals surface area contributed by atoms with Crippen molar-refractivity contribution in [2.45, 2.75) is 65.3 Å². The highest BCUT2D eigenvalue weighted by molar-refractivity contribution is 5.69. The minimum absolute atomic E-state index is 0.0428. The molecule has 0 unspecified atom stereocenters. The highest BCUT2D eigenvalue weighted by Crippen LogP contribution is 2.27. The van der Waals surface area contributed by atoms with Crippen LogP contribution in [0.25, 0.3) is 0 Å². The third-order valence-corrected chi connectivity index (χ3v) is 3.29. The van der Waals surface area contributed by atoms with E-state index in [4.69, 9.17) is 4.74 Å². The molecule has 1 rings (SSSR count). The zero-order chi connectivity index (χ0) is 13.4. The number of ether oxygens (including phenoxy) is 1. The summed E-state index contributed by atoms with van der Waals surface area (Å²) in [7, 11) is 0. The van der Waals surface area contributed by atoms with E-state index in [1.165, 1.54) is 32.4 Å². The highest BCUT2D eigenvalue weighted by Gasteiger charge is 2.28. The molecule has 0 N–H and O–H groups in total. The zero-order valence-corrected chi connectivity index (χ0v) is 12.3. The van der Waals surface area contributed by atoms with Crippen LogP contribution in [0.15, 0.2) is 0 Å². The van der Waals surface area contributed by atoms with Gasteiger partial charge in [-0.15, -0.1) is 0 Å². The Kier molecular flexibility index (Phi) is 7.33. The van der Waals surface area contributed by atoms with Gasteiger partial charge in [0.25, 0.3) is 0 Å². The van der Waals surface area contributed by atoms with Crippen molar-refractivity contribution in [2.24, 2.45) is 5.92 Å². The molecule has 0 radical (unpaired) electrons. The SMILES string of the molecule is CCOC(=O)CCCCCN(CC(C)C)C1CC1. The summed E-state index contributed by atoms with van der Waals surface area (Å²) in [4.78, 5) is 13.8. The fraction of sp³-hybridized carbons (Fsp3) is 0.933. The van der Waals surface area contributed by atoms with Crippen molar-refractivity contribution >= 4 is 5.97 Å². The van der Waals surface area contributed by atoms with Gasteiger partial charge in [-0.2, -0.15) is 0 Å². The van der Waals surface area contributed by atoms with Gasteiger partial charge in [-0.05, 0) is 45.1 Å². The van der Waals surface area contributed by atoms with Gasteiger partial charge in [0, 0.05) is 19.0 Å². The van der Waals surface area contributed by atoms with E-state index in [1.54, 1.807) is 0 Å². The van der Waals surface area contributed by atoms with Gasteiger partial charge in [-0.3, -0.25) is 4.79 Å². The maximum absolute atomic E-state index is 11.2. The van der Waals surface area contributed by atoms with Crippen LogP contribution in [0.4, 0.5) is 0 Å². The summed E-state index contributed by atoms with van der Waals surface area (Å²) in [5.41, 5.74) is 0. The van der Waals surface area contributed by atoms with Gasteiger partial charge in [0.2, 0.25) is 0 Å². The lowest BCUT2D eigenvalue weighted by molar-refractivity contribution is -0.143. The van der Waals surface area contributed by atoms with E-state index in [0.29, 0.717) is 13.0 Å². The van der Waals surface area contributed by atoms with Crippen molar-refractivity contribution in [3.8, 4) is 0 Å². The lowest BCUT2D eigenvalue weighted by Gasteiger charge is -2.23. The molecule has 0 aromatic rings. The van der Waals surface area contributed by atoms with Gasteiger partial charge in [0.05, 0.1) is 6.61 Å². The molecule has 0 aliphatic heterocycles. The van der Waals surface area contributed by atoms with E-state index in [0.717, 1.165) is 24.8 Å². The summed E-state index contributed by atoms with van der Waals surface area (Å²) < 4.78 is 4.92. The van der Waals surface area contributed by atoms with E-state index in [2.05, 4.69) is 18.7 Å². The molecule has 0 aromatic heterocycles. The van der Waals surface area contributed by atoms with Gasteiger partial charge < -0.3 is 9.64 Å². The van der Waals surface area contributed by atoms with Gasteiger partial charge in [-0.1, -0.05) is 20.3 Å². The van der Waals surface area contributed by atoms with Crippen molar-refractivity contribution in [3.05, 3.63) is 0 Å². The Balaban J connectivity index is 2.02. The quantitative estimate of drug-likeness (QED) is 0.443. The Labute approximate surface area is 112 Å². The van der Waals surface area contributed by atoms with Crippen LogP contribution in [0.2, 0.25) is 0 Å². The molecule has 0 aromatic carbocycles. The normalized spacial score (nSPS) is 15.4. The summed E-state index contributed by atoms with van der Waals surface area (Å²) in [5, 5.41) is 0. The first-order valence-corrected chi connectivity index (χ1v) is 7.53. The molecule has 1 fully saturated rings. The number of hydrogen-bond donors (Lipinski definition) is 0. The molecule has 0 amide bonds. The molecular formula is C15H29NO2. The first-order chi connectivity index (χ1) is 8.63. The van der Waals surface area contributed by atoms with Gasteiger partial charge in [0.1, 0.15) is 0 Å². The van der Waals surface area contributed by atoms with Crippen LogP contribution in [-0.4, -0.2) is 36.6 Å². The van der Waals surface area contributed by atoms with Gasteiger partial charge in [0.15, 0.2) is 0 Å². The molecule has 106 valence electrons. The molecule has 0 saturated heterocycles. The fourth-order valence-electron chi connectivity index (χ4n) is 2.33. The lowest BCUT2D eigenvalue weighted by atomic mass is 10.1. The second kappa shape index (κ2) is 8.52. The van der Waals surface area contributed by atoms with Crippen LogP contribution in [0.5, 0.6) is 0 Å². The predicted octanol–water partition coefficient (Wildman–Crippen LogP) is 3.23. The zero-order valence-electron chi connectivity index (χ0n) is 12.3. The van der Waals surface area contributed by atoms with Crippen molar-refractivity contribution in [3.63, 3.8) is 0 Å². The van der Waals surface area contributed by atoms with E-state index in [1.807, 2.05) is 6.92 Å². The van der Waals surface area contributed by atoms with Crippen LogP contribution >= 0.6 is 0 Å². The van der Waals surface area contributed by atoms with Crippen LogP contribution in [0, 0.1) is 5.92 Å². The van der Waals surface area contributed by atoms with Crippen molar-refractivity contribution in [1.29, 1.82) is 0 Å². The Hall–Kier alpha value is -0.570. The van der Waals surface area contributed by atoms with Crippen LogP contribution in [0.1, 0.15) is 59.3 Å². The van der Waals surface area contributed by atoms with Gasteiger partial charge in [-0.25, -0.2) is 0 Å². The first-order valence-electron chi connectivity index (χ1n) is 7.53. The predicted molar refractivity (Wildman–Crippen MR) is 74.5 cm³/mol. The average molecular weight is 255 g/mol. The van der Waals surface area contributed by atoms with E-state index in [9.17, 15) is 4.79 Å². The average Bonchev–Trinajstić information content (AvgIpc) is 3.10. The third-order valence-electron chi connectivity index (χ3n) is 3.29. The molecule has 0 spiro atoms. The standard InChI is InChI=1S/C15H29NO2/c1-4-18-15(17)8-6-5-7-11-16(12-13(2)3)14-9-10-14/h13-14H,4-12H2,1-3H3. The van der Waals surface area contributed by atoms with Gasteiger partial charge >= 0.3 is 5.97 Å². The number of nitrogens with zero attached hydrogens (tertiary/aromatic N) is 1. The van der Waals surface area contributed by atoms with E-state index < -0.39 is 0 Å². The lowest BCUT2D eigenvalue weighted by Crippen LogP contribution is -2.31. The van der Waals surface area contributed by atoms with Crippen molar-refractivity contribution < 1.29 is 9.53 Å². The molecule has 0 bridgehead atoms. The smallest absolute Gasteiger partial charge is 0.305 e. The van der Waals surface area contributed by atoms with Crippen molar-refractivity contribution in [1.82, 2.24) is 4.90 Å². The maximum atomic E-state index is 11.2. The number of carbonyl (C=O) groups is 1. The maximum Gasteiger partial charge on any atom is 0.305 e. The fourth-order valence-corrected chi connectivity index (χ4v) is 2.33. The summed E-state index contributed by atoms with van der Waals surface area (Å²) in [6.07, 6.45) is 6.67. The number of rotatable bonds is 10. The first kappa shape index (κ1) is 15.5. The Morgan fingerprint density at radius 3 is 2.56 bits per heavy atom. The number of carbonyl (C=O) groups excluding carboxylic acids is 1. The van der Waals surface area contributed by atoms with Crippen LogP contribution < -0.4 is 0 Å². The molecule has 0 atom stereocenters. The number of hydrogen-bond acceptors (Lipinski definition) is 3. The summed E-state index contributed by atoms with van der Waals surface area (Å²) in [5.74, 6) is 0.712. The molecule has 3 heteroatoms. The number of esters is 1. The molecule has 0 heterocycles. The summed E-state index contributed by atoms with van der Waals surface area (Å²) in [6, 6.07) is 0.859. The van der Waals surface area contributed by atoms with Crippen LogP contribution in [-0.2, 0) is 9.53 Å². The third kappa shape index (κ3) is 7.00. The Morgan fingerprint density at radius 1 is 1.28 bits per heavy atom. The molecule has 1 saturated carbocycles. The Morgan fingerprint density at radius 2 is 2.00 bits per heavy atom. The summed E-state index contributed by atoms with van der Waals surface area (Å²) >= 11 is 0. The highest BCUT2D eigenvalue weighted by atomic mass is 16.5.